The predicted octanol–water partition coefficient (Wildman–Crippen LogP) is 2.04. The van der Waals surface area contributed by atoms with Crippen molar-refractivity contribution in [3.05, 3.63) is 35.4 Å². The Bertz CT molecular complexity index is 418. The first kappa shape index (κ1) is 17.7. The summed E-state index contributed by atoms with van der Waals surface area (Å²) >= 11 is 0. The Morgan fingerprint density at radius 2 is 1.71 bits per heavy atom. The predicted molar refractivity (Wildman–Crippen MR) is 88.5 cm³/mol. The third-order valence-corrected chi connectivity index (χ3v) is 3.63. The lowest BCUT2D eigenvalue weighted by atomic mass is 10.1. The van der Waals surface area contributed by atoms with Crippen molar-refractivity contribution in [3.8, 4) is 0 Å². The molecular weight excluding hydrogens is 262 g/mol. The van der Waals surface area contributed by atoms with Crippen molar-refractivity contribution in [1.82, 2.24) is 10.2 Å². The van der Waals surface area contributed by atoms with Crippen molar-refractivity contribution in [2.75, 3.05) is 19.6 Å². The lowest BCUT2D eigenvalue weighted by Gasteiger charge is -2.30. The van der Waals surface area contributed by atoms with Crippen molar-refractivity contribution in [3.63, 3.8) is 0 Å². The fourth-order valence-electron chi connectivity index (χ4n) is 2.50. The third kappa shape index (κ3) is 5.86. The number of amides is 1. The molecular formula is C17H29N3O. The topological polar surface area (TPSA) is 58.4 Å². The fraction of sp³-hybridized carbons (Fsp3) is 0.588. The van der Waals surface area contributed by atoms with Gasteiger partial charge >= 0.3 is 0 Å². The van der Waals surface area contributed by atoms with Gasteiger partial charge < -0.3 is 11.1 Å². The van der Waals surface area contributed by atoms with E-state index in [9.17, 15) is 4.79 Å². The number of nitrogens with two attached hydrogens (primary N) is 1. The highest BCUT2D eigenvalue weighted by Crippen LogP contribution is 2.06. The van der Waals surface area contributed by atoms with Crippen LogP contribution >= 0.6 is 0 Å². The van der Waals surface area contributed by atoms with E-state index in [1.165, 1.54) is 5.56 Å². The zero-order valence-electron chi connectivity index (χ0n) is 13.7. The Balaban J connectivity index is 2.46. The van der Waals surface area contributed by atoms with E-state index in [0.29, 0.717) is 30.7 Å². The number of carbonyl (C=O) groups is 1. The van der Waals surface area contributed by atoms with E-state index in [4.69, 9.17) is 5.73 Å². The molecule has 4 nitrogen and oxygen atoms in total. The van der Waals surface area contributed by atoms with Gasteiger partial charge in [0.2, 0.25) is 0 Å². The van der Waals surface area contributed by atoms with Gasteiger partial charge in [-0.25, -0.2) is 0 Å². The molecule has 3 N–H and O–H groups in total. The molecule has 1 amide bonds. The van der Waals surface area contributed by atoms with Gasteiger partial charge in [-0.2, -0.15) is 0 Å². The average molecular weight is 291 g/mol. The van der Waals surface area contributed by atoms with Crippen molar-refractivity contribution >= 4 is 5.91 Å². The Morgan fingerprint density at radius 3 is 2.19 bits per heavy atom. The maximum absolute atomic E-state index is 12.1. The van der Waals surface area contributed by atoms with E-state index in [1.807, 2.05) is 24.3 Å². The largest absolute Gasteiger partial charge is 0.351 e. The Morgan fingerprint density at radius 1 is 1.14 bits per heavy atom. The summed E-state index contributed by atoms with van der Waals surface area (Å²) in [6.07, 6.45) is 0.847. The molecule has 0 bridgehead atoms. The molecule has 0 aliphatic carbocycles. The Hall–Kier alpha value is -1.39. The fourth-order valence-corrected chi connectivity index (χ4v) is 2.50. The van der Waals surface area contributed by atoms with Crippen LogP contribution in [0.5, 0.6) is 0 Å². The monoisotopic (exact) mass is 291 g/mol. The highest BCUT2D eigenvalue weighted by Gasteiger charge is 2.13. The zero-order valence-corrected chi connectivity index (χ0v) is 13.7. The van der Waals surface area contributed by atoms with Crippen LogP contribution in [0.3, 0.4) is 0 Å². The molecule has 0 aliphatic heterocycles. The van der Waals surface area contributed by atoms with Crippen LogP contribution in [0.2, 0.25) is 0 Å². The van der Waals surface area contributed by atoms with Crippen LogP contribution in [0.4, 0.5) is 0 Å². The number of benzene rings is 1. The van der Waals surface area contributed by atoms with Crippen molar-refractivity contribution < 1.29 is 4.79 Å². The van der Waals surface area contributed by atoms with Gasteiger partial charge in [0.05, 0.1) is 0 Å². The van der Waals surface area contributed by atoms with Gasteiger partial charge in [-0.15, -0.1) is 0 Å². The molecule has 1 aromatic rings. The maximum atomic E-state index is 12.1. The minimum Gasteiger partial charge on any atom is -0.351 e. The summed E-state index contributed by atoms with van der Waals surface area (Å²) in [5, 5.41) is 2.99. The van der Waals surface area contributed by atoms with Gasteiger partial charge in [0.25, 0.3) is 5.91 Å². The lowest BCUT2D eigenvalue weighted by Crippen LogP contribution is -2.42. The summed E-state index contributed by atoms with van der Waals surface area (Å²) in [5.74, 6) is -0.0123. The highest BCUT2D eigenvalue weighted by atomic mass is 16.1. The van der Waals surface area contributed by atoms with E-state index in [0.717, 1.165) is 13.0 Å². The van der Waals surface area contributed by atoms with Crippen molar-refractivity contribution in [1.29, 1.82) is 0 Å². The molecule has 0 heterocycles. The van der Waals surface area contributed by atoms with Gasteiger partial charge in [0, 0.05) is 30.7 Å². The molecule has 0 saturated carbocycles. The minimum absolute atomic E-state index is 0.0123. The van der Waals surface area contributed by atoms with Gasteiger partial charge in [0.15, 0.2) is 0 Å². The molecule has 1 aromatic carbocycles. The molecule has 0 unspecified atom stereocenters. The van der Waals surface area contributed by atoms with Gasteiger partial charge in [-0.1, -0.05) is 12.1 Å². The molecule has 0 atom stereocenters. The van der Waals surface area contributed by atoms with E-state index in [2.05, 4.69) is 37.9 Å². The van der Waals surface area contributed by atoms with Gasteiger partial charge in [-0.3, -0.25) is 9.69 Å². The summed E-state index contributed by atoms with van der Waals surface area (Å²) < 4.78 is 0. The smallest absolute Gasteiger partial charge is 0.251 e. The average Bonchev–Trinajstić information content (AvgIpc) is 2.43. The van der Waals surface area contributed by atoms with E-state index < -0.39 is 0 Å². The second-order valence-corrected chi connectivity index (χ2v) is 5.92. The molecule has 1 rings (SSSR count). The van der Waals surface area contributed by atoms with Crippen LogP contribution in [-0.4, -0.2) is 42.5 Å². The molecule has 0 spiro atoms. The number of nitrogens with zero attached hydrogens (tertiary/aromatic N) is 1. The first-order valence-electron chi connectivity index (χ1n) is 7.78. The zero-order chi connectivity index (χ0) is 15.8. The maximum Gasteiger partial charge on any atom is 0.251 e. The van der Waals surface area contributed by atoms with Gasteiger partial charge in [0.1, 0.15) is 0 Å². The van der Waals surface area contributed by atoms with Crippen LogP contribution < -0.4 is 11.1 Å². The molecule has 4 heteroatoms. The van der Waals surface area contributed by atoms with Crippen molar-refractivity contribution in [2.45, 2.75) is 46.2 Å². The normalized spacial score (nSPS) is 11.4. The summed E-state index contributed by atoms with van der Waals surface area (Å²) in [4.78, 5) is 14.4. The number of rotatable bonds is 8. The van der Waals surface area contributed by atoms with Crippen LogP contribution in [0, 0.1) is 0 Å². The first-order valence-corrected chi connectivity index (χ1v) is 7.78. The summed E-state index contributed by atoms with van der Waals surface area (Å²) in [6, 6.07) is 8.63. The van der Waals surface area contributed by atoms with Crippen molar-refractivity contribution in [2.24, 2.45) is 5.73 Å². The second kappa shape index (κ2) is 8.80. The minimum atomic E-state index is -0.0123. The summed E-state index contributed by atoms with van der Waals surface area (Å²) in [5.41, 5.74) is 7.39. The molecule has 0 aromatic heterocycles. The van der Waals surface area contributed by atoms with Crippen LogP contribution in [0.15, 0.2) is 24.3 Å². The summed E-state index contributed by atoms with van der Waals surface area (Å²) in [7, 11) is 0. The molecule has 0 radical (unpaired) electrons. The first-order chi connectivity index (χ1) is 9.95. The molecule has 0 saturated heterocycles. The van der Waals surface area contributed by atoms with E-state index in [1.54, 1.807) is 0 Å². The summed E-state index contributed by atoms with van der Waals surface area (Å²) in [6.45, 7) is 10.9. The molecule has 21 heavy (non-hydrogen) atoms. The van der Waals surface area contributed by atoms with Crippen LogP contribution in [-0.2, 0) is 6.42 Å². The SMILES string of the molecule is CC(C)N(CCNC(=O)c1ccc(CCN)cc1)C(C)C. The molecule has 0 aliphatic rings. The lowest BCUT2D eigenvalue weighted by molar-refractivity contribution is 0.0939. The standard InChI is InChI=1S/C17H29N3O/c1-13(2)20(14(3)4)12-11-19-17(21)16-7-5-15(6-8-16)9-10-18/h5-8,13-14H,9-12,18H2,1-4H3,(H,19,21). The van der Waals surface area contributed by atoms with Crippen LogP contribution in [0.1, 0.15) is 43.6 Å². The van der Waals surface area contributed by atoms with Gasteiger partial charge in [-0.05, 0) is 58.4 Å². The molecule has 118 valence electrons. The van der Waals surface area contributed by atoms with Crippen LogP contribution in [0.25, 0.3) is 0 Å². The quantitative estimate of drug-likeness (QED) is 0.770. The van der Waals surface area contributed by atoms with E-state index in [-0.39, 0.29) is 5.91 Å². The number of hydrogen-bond donors (Lipinski definition) is 2. The number of carbonyl (C=O) groups excluding carboxylic acids is 1. The molecule has 0 fully saturated rings. The second-order valence-electron chi connectivity index (χ2n) is 5.92. The number of hydrogen-bond acceptors (Lipinski definition) is 3. The Kier molecular flexibility index (Phi) is 7.40. The number of nitrogens with one attached hydrogen (secondary N) is 1. The highest BCUT2D eigenvalue weighted by molar-refractivity contribution is 5.94. The third-order valence-electron chi connectivity index (χ3n) is 3.63. The van der Waals surface area contributed by atoms with E-state index >= 15 is 0 Å². The Labute approximate surface area is 128 Å².